The first-order chi connectivity index (χ1) is 9.56. The minimum Gasteiger partial charge on any atom is -0.496 e. The van der Waals surface area contributed by atoms with Crippen LogP contribution in [-0.2, 0) is 0 Å². The van der Waals surface area contributed by atoms with Gasteiger partial charge in [-0.1, -0.05) is 12.1 Å². The Labute approximate surface area is 120 Å². The third-order valence-electron chi connectivity index (χ3n) is 3.47. The van der Waals surface area contributed by atoms with Gasteiger partial charge < -0.3 is 4.74 Å². The number of rotatable bonds is 4. The minimum absolute atomic E-state index is 0.125. The van der Waals surface area contributed by atoms with Gasteiger partial charge in [0.1, 0.15) is 5.75 Å². The van der Waals surface area contributed by atoms with Crippen LogP contribution < -0.4 is 16.0 Å². The number of nitrogens with two attached hydrogens (primary N) is 1. The number of pyridine rings is 1. The number of hydrogen-bond acceptors (Lipinski definition) is 4. The largest absolute Gasteiger partial charge is 0.496 e. The van der Waals surface area contributed by atoms with Crippen LogP contribution in [0.25, 0.3) is 0 Å². The van der Waals surface area contributed by atoms with Crippen molar-refractivity contribution >= 4 is 0 Å². The molecule has 4 nitrogen and oxygen atoms in total. The molecule has 1 aromatic carbocycles. The molecule has 106 valence electrons. The highest BCUT2D eigenvalue weighted by atomic mass is 16.5. The van der Waals surface area contributed by atoms with Crippen molar-refractivity contribution in [2.75, 3.05) is 7.11 Å². The Morgan fingerprint density at radius 2 is 1.90 bits per heavy atom. The molecule has 1 atom stereocenters. The maximum absolute atomic E-state index is 5.76. The predicted molar refractivity (Wildman–Crippen MR) is 80.6 cm³/mol. The van der Waals surface area contributed by atoms with Crippen molar-refractivity contribution in [3.63, 3.8) is 0 Å². The van der Waals surface area contributed by atoms with E-state index in [1.807, 2.05) is 38.1 Å². The van der Waals surface area contributed by atoms with Crippen molar-refractivity contribution < 1.29 is 4.74 Å². The van der Waals surface area contributed by atoms with Crippen LogP contribution in [0.1, 0.15) is 34.1 Å². The monoisotopic (exact) mass is 271 g/mol. The molecule has 20 heavy (non-hydrogen) atoms. The van der Waals surface area contributed by atoms with Crippen LogP contribution in [0.3, 0.4) is 0 Å². The smallest absolute Gasteiger partial charge is 0.122 e. The second-order valence-electron chi connectivity index (χ2n) is 4.98. The Morgan fingerprint density at radius 3 is 2.50 bits per heavy atom. The van der Waals surface area contributed by atoms with Gasteiger partial charge in [0.15, 0.2) is 0 Å². The third-order valence-corrected chi connectivity index (χ3v) is 3.47. The van der Waals surface area contributed by atoms with Gasteiger partial charge in [-0.2, -0.15) is 0 Å². The molecule has 0 spiro atoms. The van der Waals surface area contributed by atoms with Gasteiger partial charge in [-0.15, -0.1) is 0 Å². The molecule has 1 heterocycles. The summed E-state index contributed by atoms with van der Waals surface area (Å²) in [6.45, 7) is 6.06. The maximum atomic E-state index is 5.76. The van der Waals surface area contributed by atoms with Crippen molar-refractivity contribution in [2.24, 2.45) is 5.84 Å². The molecule has 0 radical (unpaired) electrons. The lowest BCUT2D eigenvalue weighted by Crippen LogP contribution is -2.30. The number of benzene rings is 1. The highest BCUT2D eigenvalue weighted by molar-refractivity contribution is 5.45. The summed E-state index contributed by atoms with van der Waals surface area (Å²) in [4.78, 5) is 4.56. The fourth-order valence-corrected chi connectivity index (χ4v) is 2.40. The topological polar surface area (TPSA) is 60.2 Å². The SMILES string of the molecule is COc1cc(C)c(C(NN)c2cccc(C)n2)cc1C. The zero-order chi connectivity index (χ0) is 14.7. The van der Waals surface area contributed by atoms with E-state index in [4.69, 9.17) is 10.6 Å². The molecule has 2 rings (SSSR count). The second-order valence-corrected chi connectivity index (χ2v) is 4.98. The molecule has 1 aromatic heterocycles. The average molecular weight is 271 g/mol. The van der Waals surface area contributed by atoms with E-state index in [1.54, 1.807) is 7.11 Å². The molecule has 0 fully saturated rings. The molecule has 0 amide bonds. The molecule has 2 aromatic rings. The van der Waals surface area contributed by atoms with E-state index in [1.165, 1.54) is 0 Å². The first kappa shape index (κ1) is 14.5. The number of aryl methyl sites for hydroxylation is 3. The predicted octanol–water partition coefficient (Wildman–Crippen LogP) is 2.57. The number of aromatic nitrogens is 1. The molecule has 1 unspecified atom stereocenters. The Bertz CT molecular complexity index is 611. The van der Waals surface area contributed by atoms with Gasteiger partial charge in [-0.25, -0.2) is 5.43 Å². The Hall–Kier alpha value is -1.91. The van der Waals surface area contributed by atoms with Gasteiger partial charge in [0, 0.05) is 5.69 Å². The van der Waals surface area contributed by atoms with Crippen molar-refractivity contribution in [1.29, 1.82) is 0 Å². The first-order valence-corrected chi connectivity index (χ1v) is 6.61. The lowest BCUT2D eigenvalue weighted by molar-refractivity contribution is 0.411. The fourth-order valence-electron chi connectivity index (χ4n) is 2.40. The van der Waals surface area contributed by atoms with E-state index >= 15 is 0 Å². The average Bonchev–Trinajstić information content (AvgIpc) is 2.43. The van der Waals surface area contributed by atoms with Gasteiger partial charge in [0.05, 0.1) is 18.8 Å². The summed E-state index contributed by atoms with van der Waals surface area (Å²) in [6.07, 6.45) is 0. The van der Waals surface area contributed by atoms with Gasteiger partial charge in [0.25, 0.3) is 0 Å². The summed E-state index contributed by atoms with van der Waals surface area (Å²) in [5, 5.41) is 0. The highest BCUT2D eigenvalue weighted by Crippen LogP contribution is 2.29. The zero-order valence-corrected chi connectivity index (χ0v) is 12.4. The summed E-state index contributed by atoms with van der Waals surface area (Å²) in [5.41, 5.74) is 8.08. The summed E-state index contributed by atoms with van der Waals surface area (Å²) < 4.78 is 5.35. The number of methoxy groups -OCH3 is 1. The van der Waals surface area contributed by atoms with Crippen molar-refractivity contribution in [2.45, 2.75) is 26.8 Å². The normalized spacial score (nSPS) is 12.2. The Balaban J connectivity index is 2.49. The molecule has 0 bridgehead atoms. The lowest BCUT2D eigenvalue weighted by Gasteiger charge is -2.20. The summed E-state index contributed by atoms with van der Waals surface area (Å²) in [5.74, 6) is 6.64. The Morgan fingerprint density at radius 1 is 1.15 bits per heavy atom. The number of nitrogens with zero attached hydrogens (tertiary/aromatic N) is 1. The third kappa shape index (κ3) is 2.81. The van der Waals surface area contributed by atoms with Crippen molar-refractivity contribution in [1.82, 2.24) is 10.4 Å². The van der Waals surface area contributed by atoms with E-state index in [2.05, 4.69) is 23.4 Å². The molecule has 0 aliphatic heterocycles. The van der Waals surface area contributed by atoms with Crippen LogP contribution in [0.2, 0.25) is 0 Å². The molecule has 0 saturated carbocycles. The van der Waals surface area contributed by atoms with Gasteiger partial charge in [0.2, 0.25) is 0 Å². The van der Waals surface area contributed by atoms with Gasteiger partial charge in [-0.3, -0.25) is 10.8 Å². The van der Waals surface area contributed by atoms with Crippen LogP contribution >= 0.6 is 0 Å². The van der Waals surface area contributed by atoms with Crippen LogP contribution in [0.4, 0.5) is 0 Å². The molecular formula is C16H21N3O. The fraction of sp³-hybridized carbons (Fsp3) is 0.312. The van der Waals surface area contributed by atoms with Gasteiger partial charge >= 0.3 is 0 Å². The van der Waals surface area contributed by atoms with E-state index in [-0.39, 0.29) is 6.04 Å². The number of hydrazine groups is 1. The Kier molecular flexibility index (Phi) is 4.37. The molecule has 4 heteroatoms. The highest BCUT2D eigenvalue weighted by Gasteiger charge is 2.17. The first-order valence-electron chi connectivity index (χ1n) is 6.61. The van der Waals surface area contributed by atoms with E-state index < -0.39 is 0 Å². The van der Waals surface area contributed by atoms with Crippen LogP contribution in [0.15, 0.2) is 30.3 Å². The second kappa shape index (κ2) is 6.03. The van der Waals surface area contributed by atoms with Crippen molar-refractivity contribution in [3.05, 3.63) is 58.4 Å². The molecule has 0 aliphatic carbocycles. The summed E-state index contributed by atoms with van der Waals surface area (Å²) in [6, 6.07) is 9.96. The van der Waals surface area contributed by atoms with Crippen LogP contribution in [-0.4, -0.2) is 12.1 Å². The summed E-state index contributed by atoms with van der Waals surface area (Å²) in [7, 11) is 1.68. The minimum atomic E-state index is -0.125. The van der Waals surface area contributed by atoms with Crippen LogP contribution in [0, 0.1) is 20.8 Å². The molecule has 0 saturated heterocycles. The molecule has 3 N–H and O–H groups in total. The molecule has 0 aliphatic rings. The number of ether oxygens (including phenoxy) is 1. The quantitative estimate of drug-likeness (QED) is 0.663. The standard InChI is InChI=1S/C16H21N3O/c1-10-9-15(20-4)11(2)8-13(10)16(19-17)14-7-5-6-12(3)18-14/h5-9,16,19H,17H2,1-4H3. The number of nitrogens with one attached hydrogen (secondary N) is 1. The number of hydrogen-bond donors (Lipinski definition) is 2. The summed E-state index contributed by atoms with van der Waals surface area (Å²) >= 11 is 0. The maximum Gasteiger partial charge on any atom is 0.122 e. The molecular weight excluding hydrogens is 250 g/mol. The van der Waals surface area contributed by atoms with Gasteiger partial charge in [-0.05, 0) is 55.7 Å². The van der Waals surface area contributed by atoms with E-state index in [0.29, 0.717) is 0 Å². The van der Waals surface area contributed by atoms with Crippen molar-refractivity contribution in [3.8, 4) is 5.75 Å². The van der Waals surface area contributed by atoms with E-state index in [0.717, 1.165) is 33.8 Å². The van der Waals surface area contributed by atoms with Crippen LogP contribution in [0.5, 0.6) is 5.75 Å². The zero-order valence-electron chi connectivity index (χ0n) is 12.4. The lowest BCUT2D eigenvalue weighted by atomic mass is 9.96. The van der Waals surface area contributed by atoms with E-state index in [9.17, 15) is 0 Å².